The van der Waals surface area contributed by atoms with Crippen molar-refractivity contribution in [2.24, 2.45) is 0 Å². The van der Waals surface area contributed by atoms with Crippen LogP contribution in [0.15, 0.2) is 61.2 Å². The molecule has 1 atom stereocenters. The molecule has 0 aliphatic carbocycles. The van der Waals surface area contributed by atoms with Crippen molar-refractivity contribution in [1.29, 1.82) is 0 Å². The topological polar surface area (TPSA) is 30.5 Å². The zero-order valence-corrected chi connectivity index (χ0v) is 13.2. The molecule has 116 valence electrons. The lowest BCUT2D eigenvalue weighted by Crippen LogP contribution is -2.22. The van der Waals surface area contributed by atoms with Gasteiger partial charge in [-0.1, -0.05) is 42.5 Å². The Bertz CT molecular complexity index is 596. The normalized spacial score (nSPS) is 11.7. The summed E-state index contributed by atoms with van der Waals surface area (Å²) >= 11 is 0. The molecule has 1 N–H and O–H groups in total. The third-order valence-corrected chi connectivity index (χ3v) is 3.62. The molecule has 2 aromatic carbocycles. The SMILES string of the molecule is C=C[C@H](NCCc1ccc(OC)c(OC)c1)c1ccccc1. The van der Waals surface area contributed by atoms with E-state index in [4.69, 9.17) is 9.47 Å². The molecule has 0 amide bonds. The highest BCUT2D eigenvalue weighted by molar-refractivity contribution is 5.43. The highest BCUT2D eigenvalue weighted by Gasteiger charge is 2.07. The number of nitrogens with one attached hydrogen (secondary N) is 1. The molecule has 0 bridgehead atoms. The van der Waals surface area contributed by atoms with Crippen LogP contribution >= 0.6 is 0 Å². The highest BCUT2D eigenvalue weighted by Crippen LogP contribution is 2.27. The van der Waals surface area contributed by atoms with Crippen LogP contribution in [0.1, 0.15) is 17.2 Å². The first-order chi connectivity index (χ1) is 10.8. The molecule has 0 heterocycles. The first-order valence-electron chi connectivity index (χ1n) is 7.40. The van der Waals surface area contributed by atoms with Gasteiger partial charge in [0, 0.05) is 6.54 Å². The van der Waals surface area contributed by atoms with E-state index in [1.165, 1.54) is 11.1 Å². The first-order valence-corrected chi connectivity index (χ1v) is 7.40. The quantitative estimate of drug-likeness (QED) is 0.753. The number of rotatable bonds is 8. The molecular weight excluding hydrogens is 274 g/mol. The molecule has 0 saturated heterocycles. The second kappa shape index (κ2) is 8.25. The van der Waals surface area contributed by atoms with Gasteiger partial charge in [-0.15, -0.1) is 6.58 Å². The summed E-state index contributed by atoms with van der Waals surface area (Å²) in [7, 11) is 3.30. The summed E-state index contributed by atoms with van der Waals surface area (Å²) in [5, 5.41) is 3.51. The van der Waals surface area contributed by atoms with E-state index < -0.39 is 0 Å². The van der Waals surface area contributed by atoms with Gasteiger partial charge >= 0.3 is 0 Å². The Morgan fingerprint density at radius 3 is 2.41 bits per heavy atom. The monoisotopic (exact) mass is 297 g/mol. The number of benzene rings is 2. The van der Waals surface area contributed by atoms with Crippen LogP contribution in [0.5, 0.6) is 11.5 Å². The fourth-order valence-corrected chi connectivity index (χ4v) is 2.41. The van der Waals surface area contributed by atoms with Crippen molar-refractivity contribution >= 4 is 0 Å². The summed E-state index contributed by atoms with van der Waals surface area (Å²) in [6.45, 7) is 4.78. The second-order valence-electron chi connectivity index (χ2n) is 5.02. The lowest BCUT2D eigenvalue weighted by molar-refractivity contribution is 0.354. The summed E-state index contributed by atoms with van der Waals surface area (Å²) in [5.74, 6) is 1.52. The number of hydrogen-bond donors (Lipinski definition) is 1. The lowest BCUT2D eigenvalue weighted by Gasteiger charge is -2.15. The first kappa shape index (κ1) is 16.1. The minimum atomic E-state index is 0.168. The minimum Gasteiger partial charge on any atom is -0.493 e. The smallest absolute Gasteiger partial charge is 0.160 e. The largest absolute Gasteiger partial charge is 0.493 e. The van der Waals surface area contributed by atoms with Crippen LogP contribution in [-0.4, -0.2) is 20.8 Å². The van der Waals surface area contributed by atoms with Crippen molar-refractivity contribution in [3.63, 3.8) is 0 Å². The third-order valence-electron chi connectivity index (χ3n) is 3.62. The molecule has 0 aromatic heterocycles. The van der Waals surface area contributed by atoms with Crippen molar-refractivity contribution in [2.45, 2.75) is 12.5 Å². The van der Waals surface area contributed by atoms with Crippen LogP contribution in [0.4, 0.5) is 0 Å². The van der Waals surface area contributed by atoms with Gasteiger partial charge in [0.2, 0.25) is 0 Å². The van der Waals surface area contributed by atoms with Crippen molar-refractivity contribution in [1.82, 2.24) is 5.32 Å². The third kappa shape index (κ3) is 4.12. The van der Waals surface area contributed by atoms with Crippen molar-refractivity contribution in [3.05, 3.63) is 72.3 Å². The van der Waals surface area contributed by atoms with E-state index in [2.05, 4.69) is 30.1 Å². The Hall–Kier alpha value is -2.26. The van der Waals surface area contributed by atoms with Gasteiger partial charge in [0.25, 0.3) is 0 Å². The molecular formula is C19H23NO2. The Morgan fingerprint density at radius 2 is 1.77 bits per heavy atom. The van der Waals surface area contributed by atoms with Crippen LogP contribution in [0, 0.1) is 0 Å². The van der Waals surface area contributed by atoms with Crippen LogP contribution in [-0.2, 0) is 6.42 Å². The number of ether oxygens (including phenoxy) is 2. The van der Waals surface area contributed by atoms with Gasteiger partial charge in [-0.3, -0.25) is 0 Å². The van der Waals surface area contributed by atoms with E-state index in [0.29, 0.717) is 0 Å². The average Bonchev–Trinajstić information content (AvgIpc) is 2.59. The predicted molar refractivity (Wildman–Crippen MR) is 90.6 cm³/mol. The molecule has 2 rings (SSSR count). The molecule has 0 saturated carbocycles. The van der Waals surface area contributed by atoms with Gasteiger partial charge in [-0.05, 0) is 29.7 Å². The minimum absolute atomic E-state index is 0.168. The van der Waals surface area contributed by atoms with Crippen molar-refractivity contribution < 1.29 is 9.47 Å². The Morgan fingerprint density at radius 1 is 1.05 bits per heavy atom. The fourth-order valence-electron chi connectivity index (χ4n) is 2.41. The Labute approximate surface area is 132 Å². The molecule has 0 spiro atoms. The van der Waals surface area contributed by atoms with E-state index in [1.54, 1.807) is 14.2 Å². The van der Waals surface area contributed by atoms with Gasteiger partial charge in [0.15, 0.2) is 11.5 Å². The van der Waals surface area contributed by atoms with E-state index in [9.17, 15) is 0 Å². The Balaban J connectivity index is 1.94. The number of methoxy groups -OCH3 is 2. The van der Waals surface area contributed by atoms with Crippen LogP contribution < -0.4 is 14.8 Å². The molecule has 0 fully saturated rings. The molecule has 22 heavy (non-hydrogen) atoms. The molecule has 0 radical (unpaired) electrons. The summed E-state index contributed by atoms with van der Waals surface area (Å²) in [6.07, 6.45) is 2.85. The van der Waals surface area contributed by atoms with Gasteiger partial charge < -0.3 is 14.8 Å². The molecule has 0 aliphatic rings. The maximum absolute atomic E-state index is 5.33. The maximum atomic E-state index is 5.33. The van der Waals surface area contributed by atoms with Gasteiger partial charge in [0.05, 0.1) is 20.3 Å². The predicted octanol–water partition coefficient (Wildman–Crippen LogP) is 3.76. The Kier molecular flexibility index (Phi) is 6.04. The summed E-state index contributed by atoms with van der Waals surface area (Å²) < 4.78 is 10.6. The maximum Gasteiger partial charge on any atom is 0.160 e. The lowest BCUT2D eigenvalue weighted by atomic mass is 10.1. The average molecular weight is 297 g/mol. The standard InChI is InChI=1S/C19H23NO2/c1-4-17(16-8-6-5-7-9-16)20-13-12-15-10-11-18(21-2)19(14-15)22-3/h4-11,14,17,20H,1,12-13H2,2-3H3/t17-/m0/s1. The molecule has 3 heteroatoms. The van der Waals surface area contributed by atoms with Gasteiger partial charge in [-0.2, -0.15) is 0 Å². The molecule has 0 aliphatic heterocycles. The van der Waals surface area contributed by atoms with Crippen molar-refractivity contribution in [3.8, 4) is 11.5 Å². The fraction of sp³-hybridized carbons (Fsp3) is 0.263. The zero-order valence-electron chi connectivity index (χ0n) is 13.2. The molecule has 3 nitrogen and oxygen atoms in total. The molecule has 0 unspecified atom stereocenters. The van der Waals surface area contributed by atoms with E-state index in [0.717, 1.165) is 24.5 Å². The number of hydrogen-bond acceptors (Lipinski definition) is 3. The van der Waals surface area contributed by atoms with E-state index in [1.807, 2.05) is 36.4 Å². The van der Waals surface area contributed by atoms with Crippen LogP contribution in [0.2, 0.25) is 0 Å². The van der Waals surface area contributed by atoms with Crippen LogP contribution in [0.3, 0.4) is 0 Å². The van der Waals surface area contributed by atoms with Gasteiger partial charge in [0.1, 0.15) is 0 Å². The summed E-state index contributed by atoms with van der Waals surface area (Å²) in [5.41, 5.74) is 2.44. The summed E-state index contributed by atoms with van der Waals surface area (Å²) in [4.78, 5) is 0. The molecule has 2 aromatic rings. The summed E-state index contributed by atoms with van der Waals surface area (Å²) in [6, 6.07) is 16.5. The van der Waals surface area contributed by atoms with E-state index >= 15 is 0 Å². The van der Waals surface area contributed by atoms with Gasteiger partial charge in [-0.25, -0.2) is 0 Å². The zero-order chi connectivity index (χ0) is 15.8. The highest BCUT2D eigenvalue weighted by atomic mass is 16.5. The van der Waals surface area contributed by atoms with E-state index in [-0.39, 0.29) is 6.04 Å². The van der Waals surface area contributed by atoms with Crippen molar-refractivity contribution in [2.75, 3.05) is 20.8 Å². The van der Waals surface area contributed by atoms with Crippen LogP contribution in [0.25, 0.3) is 0 Å². The second-order valence-corrected chi connectivity index (χ2v) is 5.02.